The molecule has 2 aromatic heterocycles. The van der Waals surface area contributed by atoms with Crippen molar-refractivity contribution in [1.82, 2.24) is 9.97 Å². The lowest BCUT2D eigenvalue weighted by Crippen LogP contribution is -2.19. The third-order valence-electron chi connectivity index (χ3n) is 2.44. The molecule has 0 spiro atoms. The summed E-state index contributed by atoms with van der Waals surface area (Å²) in [5.74, 6) is 2.31. The second-order valence-corrected chi connectivity index (χ2v) is 4.82. The quantitative estimate of drug-likeness (QED) is 0.889. The molecule has 0 aliphatic carbocycles. The topological polar surface area (TPSA) is 63.0 Å². The largest absolute Gasteiger partial charge is 0.469 e. The Balaban J connectivity index is 2.04. The molecular formula is C12H15BrN4O. The molecule has 0 saturated carbocycles. The van der Waals surface area contributed by atoms with E-state index >= 15 is 0 Å². The van der Waals surface area contributed by atoms with E-state index in [9.17, 15) is 0 Å². The summed E-state index contributed by atoms with van der Waals surface area (Å²) in [7, 11) is 1.79. The van der Waals surface area contributed by atoms with E-state index in [4.69, 9.17) is 4.42 Å². The number of rotatable bonds is 5. The van der Waals surface area contributed by atoms with Gasteiger partial charge in [-0.3, -0.25) is 0 Å². The highest BCUT2D eigenvalue weighted by atomic mass is 79.9. The first kappa shape index (κ1) is 12.9. The van der Waals surface area contributed by atoms with E-state index in [0.29, 0.717) is 5.95 Å². The summed E-state index contributed by atoms with van der Waals surface area (Å²) in [6.45, 7) is 2.08. The van der Waals surface area contributed by atoms with Crippen LogP contribution in [-0.4, -0.2) is 23.1 Å². The minimum Gasteiger partial charge on any atom is -0.469 e. The van der Waals surface area contributed by atoms with Crippen molar-refractivity contribution in [1.29, 1.82) is 0 Å². The standard InChI is InChI=1S/C12H15BrN4O/c1-8(6-9-4-3-5-18-9)16-11-10(13)7-15-12(14-2)17-11/h3-5,7-8H,6H2,1-2H3,(H2,14,15,16,17). The lowest BCUT2D eigenvalue weighted by atomic mass is 10.2. The molecule has 0 fully saturated rings. The van der Waals surface area contributed by atoms with Gasteiger partial charge in [0.05, 0.1) is 10.7 Å². The molecular weight excluding hydrogens is 296 g/mol. The molecule has 1 atom stereocenters. The van der Waals surface area contributed by atoms with Gasteiger partial charge in [0.15, 0.2) is 0 Å². The summed E-state index contributed by atoms with van der Waals surface area (Å²) >= 11 is 3.43. The summed E-state index contributed by atoms with van der Waals surface area (Å²) in [5.41, 5.74) is 0. The Bertz CT molecular complexity index is 501. The molecule has 96 valence electrons. The maximum Gasteiger partial charge on any atom is 0.224 e. The van der Waals surface area contributed by atoms with Gasteiger partial charge in [-0.05, 0) is 35.0 Å². The average Bonchev–Trinajstić information content (AvgIpc) is 2.84. The maximum atomic E-state index is 5.32. The lowest BCUT2D eigenvalue weighted by molar-refractivity contribution is 0.497. The molecule has 0 aromatic carbocycles. The summed E-state index contributed by atoms with van der Waals surface area (Å²) in [5, 5.41) is 6.24. The lowest BCUT2D eigenvalue weighted by Gasteiger charge is -2.14. The van der Waals surface area contributed by atoms with Gasteiger partial charge >= 0.3 is 0 Å². The van der Waals surface area contributed by atoms with Crippen LogP contribution < -0.4 is 10.6 Å². The number of nitrogens with zero attached hydrogens (tertiary/aromatic N) is 2. The van der Waals surface area contributed by atoms with Crippen molar-refractivity contribution in [3.8, 4) is 0 Å². The van der Waals surface area contributed by atoms with Crippen LogP contribution in [0.15, 0.2) is 33.5 Å². The fraction of sp³-hybridized carbons (Fsp3) is 0.333. The maximum absolute atomic E-state index is 5.32. The number of nitrogens with one attached hydrogen (secondary N) is 2. The number of furan rings is 1. The molecule has 0 aliphatic rings. The van der Waals surface area contributed by atoms with Gasteiger partial charge in [0.2, 0.25) is 5.95 Å². The molecule has 6 heteroatoms. The predicted octanol–water partition coefficient (Wildman–Crippen LogP) is 2.92. The van der Waals surface area contributed by atoms with E-state index in [-0.39, 0.29) is 6.04 Å². The first-order valence-corrected chi connectivity index (χ1v) is 6.47. The number of halogens is 1. The van der Waals surface area contributed by atoms with E-state index in [1.54, 1.807) is 19.5 Å². The molecule has 0 radical (unpaired) electrons. The Morgan fingerprint density at radius 3 is 3.00 bits per heavy atom. The van der Waals surface area contributed by atoms with Crippen LogP contribution >= 0.6 is 15.9 Å². The van der Waals surface area contributed by atoms with Crippen LogP contribution in [0.5, 0.6) is 0 Å². The number of hydrogen-bond acceptors (Lipinski definition) is 5. The summed E-state index contributed by atoms with van der Waals surface area (Å²) in [6.07, 6.45) is 4.21. The fourth-order valence-corrected chi connectivity index (χ4v) is 1.91. The van der Waals surface area contributed by atoms with E-state index < -0.39 is 0 Å². The van der Waals surface area contributed by atoms with Gasteiger partial charge in [0, 0.05) is 25.7 Å². The third kappa shape index (κ3) is 3.22. The summed E-state index contributed by atoms with van der Waals surface area (Å²) < 4.78 is 6.16. The highest BCUT2D eigenvalue weighted by Crippen LogP contribution is 2.21. The molecule has 0 bridgehead atoms. The Kier molecular flexibility index (Phi) is 4.19. The van der Waals surface area contributed by atoms with Gasteiger partial charge in [0.25, 0.3) is 0 Å². The number of aromatic nitrogens is 2. The SMILES string of the molecule is CNc1ncc(Br)c(NC(C)Cc2ccco2)n1. The molecule has 1 unspecified atom stereocenters. The Morgan fingerprint density at radius 1 is 1.50 bits per heavy atom. The fourth-order valence-electron chi connectivity index (χ4n) is 1.60. The van der Waals surface area contributed by atoms with Crippen LogP contribution in [0.2, 0.25) is 0 Å². The monoisotopic (exact) mass is 310 g/mol. The summed E-state index contributed by atoms with van der Waals surface area (Å²) in [6, 6.07) is 4.07. The van der Waals surface area contributed by atoms with Gasteiger partial charge < -0.3 is 15.1 Å². The van der Waals surface area contributed by atoms with Gasteiger partial charge in [0.1, 0.15) is 11.6 Å². The molecule has 2 rings (SSSR count). The Labute approximate surface area is 114 Å². The summed E-state index contributed by atoms with van der Waals surface area (Å²) in [4.78, 5) is 8.46. The first-order chi connectivity index (χ1) is 8.69. The minimum atomic E-state index is 0.215. The zero-order valence-electron chi connectivity index (χ0n) is 10.3. The molecule has 0 amide bonds. The predicted molar refractivity (Wildman–Crippen MR) is 74.8 cm³/mol. The molecule has 2 heterocycles. The van der Waals surface area contributed by atoms with Crippen molar-refractivity contribution in [3.05, 3.63) is 34.8 Å². The molecule has 5 nitrogen and oxygen atoms in total. The van der Waals surface area contributed by atoms with Crippen molar-refractivity contribution in [2.75, 3.05) is 17.7 Å². The van der Waals surface area contributed by atoms with Gasteiger partial charge in [-0.2, -0.15) is 4.98 Å². The van der Waals surface area contributed by atoms with Gasteiger partial charge in [-0.15, -0.1) is 0 Å². The van der Waals surface area contributed by atoms with Crippen LogP contribution in [0, 0.1) is 0 Å². The van der Waals surface area contributed by atoms with E-state index in [0.717, 1.165) is 22.5 Å². The second-order valence-electron chi connectivity index (χ2n) is 3.97. The molecule has 2 N–H and O–H groups in total. The van der Waals surface area contributed by atoms with Crippen LogP contribution in [0.25, 0.3) is 0 Å². The highest BCUT2D eigenvalue weighted by Gasteiger charge is 2.10. The molecule has 2 aromatic rings. The number of anilines is 2. The number of hydrogen-bond donors (Lipinski definition) is 2. The average molecular weight is 311 g/mol. The van der Waals surface area contributed by atoms with Crippen molar-refractivity contribution in [3.63, 3.8) is 0 Å². The van der Waals surface area contributed by atoms with Crippen molar-refractivity contribution in [2.45, 2.75) is 19.4 Å². The van der Waals surface area contributed by atoms with Crippen LogP contribution in [0.1, 0.15) is 12.7 Å². The Morgan fingerprint density at radius 2 is 2.33 bits per heavy atom. The van der Waals surface area contributed by atoms with Crippen molar-refractivity contribution < 1.29 is 4.42 Å². The van der Waals surface area contributed by atoms with Gasteiger partial charge in [-0.1, -0.05) is 0 Å². The van der Waals surface area contributed by atoms with Crippen molar-refractivity contribution >= 4 is 27.7 Å². The van der Waals surface area contributed by atoms with E-state index in [2.05, 4.69) is 43.5 Å². The van der Waals surface area contributed by atoms with Crippen LogP contribution in [0.4, 0.5) is 11.8 Å². The zero-order chi connectivity index (χ0) is 13.0. The molecule has 0 saturated heterocycles. The van der Waals surface area contributed by atoms with Crippen molar-refractivity contribution in [2.24, 2.45) is 0 Å². The Hall–Kier alpha value is -1.56. The molecule has 18 heavy (non-hydrogen) atoms. The molecule has 0 aliphatic heterocycles. The van der Waals surface area contributed by atoms with Crippen LogP contribution in [0.3, 0.4) is 0 Å². The smallest absolute Gasteiger partial charge is 0.224 e. The highest BCUT2D eigenvalue weighted by molar-refractivity contribution is 9.10. The van der Waals surface area contributed by atoms with Crippen LogP contribution in [-0.2, 0) is 6.42 Å². The zero-order valence-corrected chi connectivity index (χ0v) is 11.9. The van der Waals surface area contributed by atoms with E-state index in [1.807, 2.05) is 12.1 Å². The normalized spacial score (nSPS) is 12.2. The third-order valence-corrected chi connectivity index (χ3v) is 3.02. The minimum absolute atomic E-state index is 0.215. The van der Waals surface area contributed by atoms with Gasteiger partial charge in [-0.25, -0.2) is 4.98 Å². The first-order valence-electron chi connectivity index (χ1n) is 5.68. The second kappa shape index (κ2) is 5.86. The van der Waals surface area contributed by atoms with E-state index in [1.165, 1.54) is 0 Å².